The minimum atomic E-state index is -0.839. The van der Waals surface area contributed by atoms with Gasteiger partial charge in [0.15, 0.2) is 0 Å². The molecule has 0 saturated carbocycles. The lowest BCUT2D eigenvalue weighted by molar-refractivity contribution is -0.146. The summed E-state index contributed by atoms with van der Waals surface area (Å²) < 4.78 is 0. The highest BCUT2D eigenvalue weighted by molar-refractivity contribution is 5.84. The fraction of sp³-hybridized carbons (Fsp3) is 0.385. The molecule has 0 aromatic heterocycles. The molecule has 1 aliphatic rings. The SMILES string of the molecule is O=C1CCC(C(=O)O)N(Cc2ccccc2)C1. The molecule has 0 amide bonds. The summed E-state index contributed by atoms with van der Waals surface area (Å²) in [6.45, 7) is 0.759. The molecule has 1 unspecified atom stereocenters. The van der Waals surface area contributed by atoms with Crippen molar-refractivity contribution in [2.75, 3.05) is 6.54 Å². The Morgan fingerprint density at radius 1 is 1.35 bits per heavy atom. The number of benzene rings is 1. The smallest absolute Gasteiger partial charge is 0.320 e. The predicted molar refractivity (Wildman–Crippen MR) is 62.5 cm³/mol. The zero-order chi connectivity index (χ0) is 12.3. The first-order valence-electron chi connectivity index (χ1n) is 5.69. The number of nitrogens with zero attached hydrogens (tertiary/aromatic N) is 1. The van der Waals surface area contributed by atoms with E-state index in [0.717, 1.165) is 5.56 Å². The first kappa shape index (κ1) is 11.8. The highest BCUT2D eigenvalue weighted by Gasteiger charge is 2.31. The minimum Gasteiger partial charge on any atom is -0.480 e. The van der Waals surface area contributed by atoms with Gasteiger partial charge in [-0.1, -0.05) is 30.3 Å². The molecule has 0 bridgehead atoms. The molecular weight excluding hydrogens is 218 g/mol. The van der Waals surface area contributed by atoms with Gasteiger partial charge in [0.05, 0.1) is 6.54 Å². The Balaban J connectivity index is 2.10. The maximum Gasteiger partial charge on any atom is 0.320 e. The van der Waals surface area contributed by atoms with Crippen molar-refractivity contribution >= 4 is 11.8 Å². The van der Waals surface area contributed by atoms with Crippen molar-refractivity contribution in [3.05, 3.63) is 35.9 Å². The summed E-state index contributed by atoms with van der Waals surface area (Å²) in [5, 5.41) is 9.12. The van der Waals surface area contributed by atoms with Crippen molar-refractivity contribution in [2.45, 2.75) is 25.4 Å². The normalized spacial score (nSPS) is 21.4. The Morgan fingerprint density at radius 3 is 2.71 bits per heavy atom. The van der Waals surface area contributed by atoms with E-state index in [0.29, 0.717) is 19.4 Å². The lowest BCUT2D eigenvalue weighted by atomic mass is 10.0. The lowest BCUT2D eigenvalue weighted by Crippen LogP contribution is -2.47. The van der Waals surface area contributed by atoms with Gasteiger partial charge in [-0.25, -0.2) is 0 Å². The Kier molecular flexibility index (Phi) is 3.54. The summed E-state index contributed by atoms with van der Waals surface area (Å²) in [6, 6.07) is 9.09. The monoisotopic (exact) mass is 233 g/mol. The summed E-state index contributed by atoms with van der Waals surface area (Å²) in [7, 11) is 0. The Labute approximate surface area is 99.9 Å². The number of hydrogen-bond donors (Lipinski definition) is 1. The van der Waals surface area contributed by atoms with Crippen molar-refractivity contribution in [1.82, 2.24) is 4.90 Å². The molecule has 0 aliphatic carbocycles. The van der Waals surface area contributed by atoms with Gasteiger partial charge < -0.3 is 5.11 Å². The minimum absolute atomic E-state index is 0.124. The third-order valence-electron chi connectivity index (χ3n) is 3.03. The van der Waals surface area contributed by atoms with Crippen LogP contribution in [0, 0.1) is 0 Å². The van der Waals surface area contributed by atoms with Crippen LogP contribution in [0.15, 0.2) is 30.3 Å². The van der Waals surface area contributed by atoms with E-state index >= 15 is 0 Å². The molecule has 17 heavy (non-hydrogen) atoms. The van der Waals surface area contributed by atoms with Crippen molar-refractivity contribution in [2.24, 2.45) is 0 Å². The number of Topliss-reactive ketones (excluding diaryl/α,β-unsaturated/α-hetero) is 1. The van der Waals surface area contributed by atoms with Crippen LogP contribution in [0.5, 0.6) is 0 Å². The zero-order valence-electron chi connectivity index (χ0n) is 9.50. The van der Waals surface area contributed by atoms with E-state index in [1.54, 1.807) is 4.90 Å². The van der Waals surface area contributed by atoms with Gasteiger partial charge >= 0.3 is 5.97 Å². The van der Waals surface area contributed by atoms with Crippen LogP contribution in [0.2, 0.25) is 0 Å². The average Bonchev–Trinajstić information content (AvgIpc) is 2.30. The number of likely N-dealkylation sites (tertiary alicyclic amines) is 1. The van der Waals surface area contributed by atoms with E-state index in [-0.39, 0.29) is 12.3 Å². The number of ketones is 1. The van der Waals surface area contributed by atoms with Gasteiger partial charge in [-0.3, -0.25) is 14.5 Å². The second-order valence-corrected chi connectivity index (χ2v) is 4.32. The van der Waals surface area contributed by atoms with E-state index in [1.165, 1.54) is 0 Å². The number of hydrogen-bond acceptors (Lipinski definition) is 3. The molecule has 0 radical (unpaired) electrons. The van der Waals surface area contributed by atoms with Crippen LogP contribution in [-0.4, -0.2) is 34.3 Å². The molecule has 0 spiro atoms. The summed E-state index contributed by atoms with van der Waals surface area (Å²) in [4.78, 5) is 24.2. The molecule has 1 aromatic carbocycles. The van der Waals surface area contributed by atoms with Crippen LogP contribution >= 0.6 is 0 Å². The van der Waals surface area contributed by atoms with Crippen LogP contribution in [-0.2, 0) is 16.1 Å². The molecule has 1 saturated heterocycles. The standard InChI is InChI=1S/C13H15NO3/c15-11-6-7-12(13(16)17)14(9-11)8-10-4-2-1-3-5-10/h1-5,12H,6-9H2,(H,16,17). The van der Waals surface area contributed by atoms with Crippen molar-refractivity contribution in [1.29, 1.82) is 0 Å². The van der Waals surface area contributed by atoms with Crippen molar-refractivity contribution in [3.63, 3.8) is 0 Å². The number of carboxylic acids is 1. The molecule has 90 valence electrons. The fourth-order valence-electron chi connectivity index (χ4n) is 2.16. The Hall–Kier alpha value is -1.68. The third kappa shape index (κ3) is 2.91. The van der Waals surface area contributed by atoms with E-state index in [2.05, 4.69) is 0 Å². The predicted octanol–water partition coefficient (Wildman–Crippen LogP) is 1.30. The maximum absolute atomic E-state index is 11.4. The molecule has 1 N–H and O–H groups in total. The van der Waals surface area contributed by atoms with Gasteiger partial charge in [0.2, 0.25) is 0 Å². The van der Waals surface area contributed by atoms with E-state index in [4.69, 9.17) is 5.11 Å². The molecule has 2 rings (SSSR count). The molecule has 1 atom stereocenters. The number of carbonyl (C=O) groups excluding carboxylic acids is 1. The number of rotatable bonds is 3. The molecule has 1 aliphatic heterocycles. The quantitative estimate of drug-likeness (QED) is 0.855. The number of aliphatic carboxylic acids is 1. The molecule has 4 nitrogen and oxygen atoms in total. The van der Waals surface area contributed by atoms with E-state index < -0.39 is 12.0 Å². The molecule has 4 heteroatoms. The number of carbonyl (C=O) groups is 2. The van der Waals surface area contributed by atoms with Gasteiger partial charge in [0, 0.05) is 13.0 Å². The van der Waals surface area contributed by atoms with E-state index in [9.17, 15) is 9.59 Å². The summed E-state index contributed by atoms with van der Waals surface area (Å²) in [5.41, 5.74) is 1.04. The highest BCUT2D eigenvalue weighted by atomic mass is 16.4. The largest absolute Gasteiger partial charge is 0.480 e. The third-order valence-corrected chi connectivity index (χ3v) is 3.03. The molecule has 1 heterocycles. The van der Waals surface area contributed by atoms with Crippen LogP contribution in [0.1, 0.15) is 18.4 Å². The first-order chi connectivity index (χ1) is 8.16. The van der Waals surface area contributed by atoms with Crippen LogP contribution in [0.25, 0.3) is 0 Å². The zero-order valence-corrected chi connectivity index (χ0v) is 9.50. The summed E-state index contributed by atoms with van der Waals surface area (Å²) in [6.07, 6.45) is 0.795. The summed E-state index contributed by atoms with van der Waals surface area (Å²) >= 11 is 0. The first-order valence-corrected chi connectivity index (χ1v) is 5.69. The number of piperidine rings is 1. The average molecular weight is 233 g/mol. The molecule has 1 fully saturated rings. The second kappa shape index (κ2) is 5.10. The Bertz CT molecular complexity index is 416. The lowest BCUT2D eigenvalue weighted by Gasteiger charge is -2.31. The van der Waals surface area contributed by atoms with E-state index in [1.807, 2.05) is 30.3 Å². The van der Waals surface area contributed by atoms with Gasteiger partial charge in [0.1, 0.15) is 11.8 Å². The maximum atomic E-state index is 11.4. The fourth-order valence-corrected chi connectivity index (χ4v) is 2.16. The van der Waals surface area contributed by atoms with Gasteiger partial charge in [-0.2, -0.15) is 0 Å². The highest BCUT2D eigenvalue weighted by Crippen LogP contribution is 2.18. The second-order valence-electron chi connectivity index (χ2n) is 4.32. The van der Waals surface area contributed by atoms with Gasteiger partial charge in [-0.15, -0.1) is 0 Å². The Morgan fingerprint density at radius 2 is 2.06 bits per heavy atom. The molecule has 1 aromatic rings. The molecular formula is C13H15NO3. The van der Waals surface area contributed by atoms with Gasteiger partial charge in [0.25, 0.3) is 0 Å². The van der Waals surface area contributed by atoms with Crippen molar-refractivity contribution < 1.29 is 14.7 Å². The summed E-state index contributed by atoms with van der Waals surface area (Å²) in [5.74, 6) is -0.716. The number of carboxylic acid groups (broad SMARTS) is 1. The topological polar surface area (TPSA) is 57.6 Å². The van der Waals surface area contributed by atoms with Gasteiger partial charge in [-0.05, 0) is 12.0 Å². The van der Waals surface area contributed by atoms with Crippen LogP contribution in [0.4, 0.5) is 0 Å². The van der Waals surface area contributed by atoms with Crippen LogP contribution in [0.3, 0.4) is 0 Å². The van der Waals surface area contributed by atoms with Crippen LogP contribution < -0.4 is 0 Å². The van der Waals surface area contributed by atoms with Crippen molar-refractivity contribution in [3.8, 4) is 0 Å².